The number of thiophene rings is 1. The first-order chi connectivity index (χ1) is 7.18. The van der Waals surface area contributed by atoms with E-state index in [1.807, 2.05) is 0 Å². The Bertz CT molecular complexity index is 417. The van der Waals surface area contributed by atoms with Crippen LogP contribution in [0.3, 0.4) is 0 Å². The van der Waals surface area contributed by atoms with Gasteiger partial charge in [-0.1, -0.05) is 5.57 Å². The van der Waals surface area contributed by atoms with Crippen LogP contribution in [0.5, 0.6) is 0 Å². The van der Waals surface area contributed by atoms with Crippen molar-refractivity contribution in [3.05, 3.63) is 31.9 Å². The average molecular weight is 285 g/mol. The molecule has 1 aromatic rings. The lowest BCUT2D eigenvalue weighted by atomic mass is 9.88. The van der Waals surface area contributed by atoms with E-state index in [1.165, 1.54) is 11.1 Å². The van der Waals surface area contributed by atoms with E-state index in [0.717, 1.165) is 35.0 Å². The van der Waals surface area contributed by atoms with Gasteiger partial charge in [0.1, 0.15) is 0 Å². The second-order valence-corrected chi connectivity index (χ2v) is 6.17. The van der Waals surface area contributed by atoms with Gasteiger partial charge in [-0.05, 0) is 58.3 Å². The zero-order valence-corrected chi connectivity index (χ0v) is 11.1. The van der Waals surface area contributed by atoms with Gasteiger partial charge >= 0.3 is 0 Å². The molecule has 0 saturated heterocycles. The molecule has 0 radical (unpaired) electrons. The van der Waals surface area contributed by atoms with Crippen LogP contribution in [-0.2, 0) is 11.2 Å². The molecule has 1 aliphatic rings. The van der Waals surface area contributed by atoms with Crippen LogP contribution in [-0.4, -0.2) is 5.78 Å². The highest BCUT2D eigenvalue weighted by Gasteiger charge is 2.18. The highest BCUT2D eigenvalue weighted by atomic mass is 79.9. The molecule has 0 unspecified atom stereocenters. The molecule has 1 nitrogen and oxygen atoms in total. The molecule has 0 atom stereocenters. The first-order valence-electron chi connectivity index (χ1n) is 5.12. The van der Waals surface area contributed by atoms with Crippen LogP contribution in [0.2, 0.25) is 0 Å². The maximum Gasteiger partial charge on any atom is 0.159 e. The van der Waals surface area contributed by atoms with Gasteiger partial charge in [-0.15, -0.1) is 11.3 Å². The minimum Gasteiger partial charge on any atom is -0.295 e. The Morgan fingerprint density at radius 2 is 2.27 bits per heavy atom. The Morgan fingerprint density at radius 1 is 1.47 bits per heavy atom. The van der Waals surface area contributed by atoms with Crippen LogP contribution >= 0.6 is 27.3 Å². The minimum absolute atomic E-state index is 0.344. The molecule has 1 aliphatic carbocycles. The van der Waals surface area contributed by atoms with Gasteiger partial charge in [-0.25, -0.2) is 0 Å². The number of halogens is 1. The van der Waals surface area contributed by atoms with E-state index in [9.17, 15) is 4.79 Å². The van der Waals surface area contributed by atoms with Gasteiger partial charge in [-0.2, -0.15) is 0 Å². The number of hydrogen-bond acceptors (Lipinski definition) is 2. The second kappa shape index (κ2) is 4.62. The number of carbonyl (C=O) groups excluding carboxylic acids is 1. The van der Waals surface area contributed by atoms with E-state index < -0.39 is 0 Å². The SMILES string of the molecule is CC1=C(Cc2ccsc2Br)C(=O)CCC1. The van der Waals surface area contributed by atoms with Crippen molar-refractivity contribution in [1.82, 2.24) is 0 Å². The third-order valence-corrected chi connectivity index (χ3v) is 4.68. The van der Waals surface area contributed by atoms with Crippen molar-refractivity contribution in [1.29, 1.82) is 0 Å². The Kier molecular flexibility index (Phi) is 3.42. The largest absolute Gasteiger partial charge is 0.295 e. The molecule has 80 valence electrons. The summed E-state index contributed by atoms with van der Waals surface area (Å²) in [5.41, 5.74) is 3.56. The molecule has 1 heterocycles. The van der Waals surface area contributed by atoms with Crippen molar-refractivity contribution >= 4 is 33.0 Å². The van der Waals surface area contributed by atoms with Gasteiger partial charge in [0.25, 0.3) is 0 Å². The fourth-order valence-electron chi connectivity index (χ4n) is 1.94. The van der Waals surface area contributed by atoms with Crippen LogP contribution in [0.15, 0.2) is 26.4 Å². The molecule has 3 heteroatoms. The maximum atomic E-state index is 11.8. The second-order valence-electron chi connectivity index (χ2n) is 3.93. The van der Waals surface area contributed by atoms with Crippen LogP contribution in [0.25, 0.3) is 0 Å². The van der Waals surface area contributed by atoms with E-state index in [4.69, 9.17) is 0 Å². The molecule has 15 heavy (non-hydrogen) atoms. The number of hydrogen-bond donors (Lipinski definition) is 0. The number of allylic oxidation sites excluding steroid dienone is 2. The summed E-state index contributed by atoms with van der Waals surface area (Å²) in [5, 5.41) is 2.06. The summed E-state index contributed by atoms with van der Waals surface area (Å²) in [7, 11) is 0. The fraction of sp³-hybridized carbons (Fsp3) is 0.417. The lowest BCUT2D eigenvalue weighted by Crippen LogP contribution is -2.12. The quantitative estimate of drug-likeness (QED) is 0.798. The summed E-state index contributed by atoms with van der Waals surface area (Å²) in [6.07, 6.45) is 3.64. The first kappa shape index (κ1) is 11.1. The van der Waals surface area contributed by atoms with Crippen molar-refractivity contribution in [2.24, 2.45) is 0 Å². The summed E-state index contributed by atoms with van der Waals surface area (Å²) in [6.45, 7) is 2.09. The Hall–Kier alpha value is -0.410. The van der Waals surface area contributed by atoms with Crippen molar-refractivity contribution < 1.29 is 4.79 Å². The van der Waals surface area contributed by atoms with Crippen LogP contribution < -0.4 is 0 Å². The molecule has 0 aromatic carbocycles. The third kappa shape index (κ3) is 2.40. The molecule has 0 bridgehead atoms. The Morgan fingerprint density at radius 3 is 2.87 bits per heavy atom. The monoisotopic (exact) mass is 284 g/mol. The van der Waals surface area contributed by atoms with Crippen LogP contribution in [0.4, 0.5) is 0 Å². The van der Waals surface area contributed by atoms with Gasteiger partial charge in [-0.3, -0.25) is 4.79 Å². The number of Topliss-reactive ketones (excluding diaryl/α,β-unsaturated/α-hetero) is 1. The topological polar surface area (TPSA) is 17.1 Å². The van der Waals surface area contributed by atoms with E-state index >= 15 is 0 Å². The normalized spacial score (nSPS) is 17.3. The average Bonchev–Trinajstić information content (AvgIpc) is 2.58. The smallest absolute Gasteiger partial charge is 0.159 e. The highest BCUT2D eigenvalue weighted by molar-refractivity contribution is 9.11. The summed E-state index contributed by atoms with van der Waals surface area (Å²) in [4.78, 5) is 11.8. The molecule has 0 aliphatic heterocycles. The molecule has 1 aromatic heterocycles. The minimum atomic E-state index is 0.344. The van der Waals surface area contributed by atoms with E-state index in [1.54, 1.807) is 11.3 Å². The van der Waals surface area contributed by atoms with Crippen molar-refractivity contribution in [3.63, 3.8) is 0 Å². The van der Waals surface area contributed by atoms with E-state index in [-0.39, 0.29) is 0 Å². The van der Waals surface area contributed by atoms with Crippen LogP contribution in [0.1, 0.15) is 31.7 Å². The maximum absolute atomic E-state index is 11.8. The van der Waals surface area contributed by atoms with E-state index in [2.05, 4.69) is 34.3 Å². The van der Waals surface area contributed by atoms with Gasteiger partial charge in [0, 0.05) is 12.8 Å². The number of ketones is 1. The van der Waals surface area contributed by atoms with Gasteiger partial charge < -0.3 is 0 Å². The molecule has 0 spiro atoms. The van der Waals surface area contributed by atoms with Gasteiger partial charge in [0.15, 0.2) is 5.78 Å². The molecule has 2 rings (SSSR count). The molecule has 0 saturated carbocycles. The lowest BCUT2D eigenvalue weighted by molar-refractivity contribution is -0.116. The summed E-state index contributed by atoms with van der Waals surface area (Å²) in [6, 6.07) is 2.09. The number of carbonyl (C=O) groups is 1. The summed E-state index contributed by atoms with van der Waals surface area (Å²) in [5.74, 6) is 0.344. The van der Waals surface area contributed by atoms with Gasteiger partial charge in [0.2, 0.25) is 0 Å². The molecular weight excluding hydrogens is 272 g/mol. The molecule has 0 fully saturated rings. The van der Waals surface area contributed by atoms with E-state index in [0.29, 0.717) is 5.78 Å². The van der Waals surface area contributed by atoms with Gasteiger partial charge in [0.05, 0.1) is 3.79 Å². The summed E-state index contributed by atoms with van der Waals surface area (Å²) >= 11 is 5.20. The standard InChI is InChI=1S/C12H13BrOS/c1-8-3-2-4-11(14)10(8)7-9-5-6-15-12(9)13/h5-6H,2-4,7H2,1H3. The number of rotatable bonds is 2. The third-order valence-electron chi connectivity index (χ3n) is 2.87. The lowest BCUT2D eigenvalue weighted by Gasteiger charge is -2.16. The van der Waals surface area contributed by atoms with Crippen molar-refractivity contribution in [2.45, 2.75) is 32.6 Å². The summed E-state index contributed by atoms with van der Waals surface area (Å²) < 4.78 is 1.15. The predicted octanol–water partition coefficient (Wildman–Crippen LogP) is 4.12. The zero-order valence-electron chi connectivity index (χ0n) is 8.68. The first-order valence-corrected chi connectivity index (χ1v) is 6.79. The fourth-order valence-corrected chi connectivity index (χ4v) is 3.18. The molecule has 0 N–H and O–H groups in total. The van der Waals surface area contributed by atoms with Crippen molar-refractivity contribution in [2.75, 3.05) is 0 Å². The zero-order chi connectivity index (χ0) is 10.8. The van der Waals surface area contributed by atoms with Crippen molar-refractivity contribution in [3.8, 4) is 0 Å². The molecular formula is C12H13BrOS. The Labute approximate surface area is 102 Å². The Balaban J connectivity index is 2.24. The highest BCUT2D eigenvalue weighted by Crippen LogP contribution is 2.30. The predicted molar refractivity (Wildman–Crippen MR) is 67.3 cm³/mol. The van der Waals surface area contributed by atoms with Crippen LogP contribution in [0, 0.1) is 0 Å². The molecule has 0 amide bonds.